The van der Waals surface area contributed by atoms with Crippen LogP contribution < -0.4 is 10.4 Å². The van der Waals surface area contributed by atoms with Crippen LogP contribution in [0.3, 0.4) is 0 Å². The van der Waals surface area contributed by atoms with Gasteiger partial charge in [-0.15, -0.1) is 0 Å². The summed E-state index contributed by atoms with van der Waals surface area (Å²) in [5, 5.41) is 3.06. The number of rotatable bonds is 4. The van der Waals surface area contributed by atoms with E-state index in [9.17, 15) is 0 Å². The van der Waals surface area contributed by atoms with Gasteiger partial charge in [-0.3, -0.25) is 4.67 Å². The van der Waals surface area contributed by atoms with Crippen molar-refractivity contribution in [3.05, 3.63) is 60.7 Å². The number of hydrogen-bond acceptors (Lipinski definition) is 2. The summed E-state index contributed by atoms with van der Waals surface area (Å²) >= 11 is 0. The molecule has 120 valence electrons. The molecule has 2 aromatic rings. The lowest BCUT2D eigenvalue weighted by Gasteiger charge is -2.33. The van der Waals surface area contributed by atoms with Crippen LogP contribution in [0, 0.1) is 0 Å². The topological polar surface area (TPSA) is 12.5 Å². The van der Waals surface area contributed by atoms with E-state index in [1.54, 1.807) is 0 Å². The molecule has 2 nitrogen and oxygen atoms in total. The fraction of sp³-hybridized carbons (Fsp3) is 0.368. The highest BCUT2D eigenvalue weighted by atomic mass is 31.2. The minimum atomic E-state index is -1.76. The van der Waals surface area contributed by atoms with Gasteiger partial charge in [0, 0.05) is 18.4 Å². The van der Waals surface area contributed by atoms with Gasteiger partial charge >= 0.3 is 0 Å². The Morgan fingerprint density at radius 3 is 2.26 bits per heavy atom. The molecule has 4 heteroatoms. The van der Waals surface area contributed by atoms with E-state index in [0.29, 0.717) is 6.04 Å². The molecule has 2 aromatic carbocycles. The second kappa shape index (κ2) is 6.49. The summed E-state index contributed by atoms with van der Waals surface area (Å²) in [4.78, 5) is 0. The summed E-state index contributed by atoms with van der Waals surface area (Å²) < 4.78 is 8.97. The average Bonchev–Trinajstić information content (AvgIpc) is 3.21. The first kappa shape index (κ1) is 15.5. The Bertz CT molecular complexity index is 611. The Morgan fingerprint density at radius 2 is 1.65 bits per heavy atom. The van der Waals surface area contributed by atoms with Crippen LogP contribution in [0.1, 0.15) is 12.8 Å². The monoisotopic (exact) mass is 341 g/mol. The lowest BCUT2D eigenvalue weighted by Crippen LogP contribution is -2.59. The fourth-order valence-corrected chi connectivity index (χ4v) is 12.2. The molecule has 0 bridgehead atoms. The van der Waals surface area contributed by atoms with Gasteiger partial charge in [0.15, 0.2) is 0 Å². The summed E-state index contributed by atoms with van der Waals surface area (Å²) in [6.45, 7) is 4.72. The van der Waals surface area contributed by atoms with E-state index in [1.165, 1.54) is 35.5 Å². The first-order chi connectivity index (χ1) is 11.3. The van der Waals surface area contributed by atoms with Gasteiger partial charge in [0.25, 0.3) is 0 Å². The Hall–Kier alpha value is -0.993. The summed E-state index contributed by atoms with van der Waals surface area (Å²) in [5.41, 5.74) is 0. The molecule has 0 amide bonds. The molecule has 2 fully saturated rings. The second-order valence-electron chi connectivity index (χ2n) is 6.83. The van der Waals surface area contributed by atoms with Crippen molar-refractivity contribution in [1.29, 1.82) is 0 Å². The summed E-state index contributed by atoms with van der Waals surface area (Å²) in [7, 11) is -2.19. The van der Waals surface area contributed by atoms with Crippen molar-refractivity contribution in [2.45, 2.75) is 25.4 Å². The zero-order valence-electron chi connectivity index (χ0n) is 13.7. The Morgan fingerprint density at radius 1 is 1.04 bits per heavy atom. The quantitative estimate of drug-likeness (QED) is 0.625. The fourth-order valence-electron chi connectivity index (χ4n) is 3.90. The molecule has 0 spiro atoms. The van der Waals surface area contributed by atoms with Crippen LogP contribution in [0.2, 0.25) is 6.55 Å². The lowest BCUT2D eigenvalue weighted by atomic mass is 10.2. The zero-order valence-corrected chi connectivity index (χ0v) is 15.6. The molecule has 2 heterocycles. The smallest absolute Gasteiger partial charge is 0.122 e. The highest BCUT2D eigenvalue weighted by Crippen LogP contribution is 2.53. The maximum atomic E-state index is 6.28. The van der Waals surface area contributed by atoms with Crippen molar-refractivity contribution >= 4 is 26.7 Å². The van der Waals surface area contributed by atoms with Gasteiger partial charge in [-0.2, -0.15) is 0 Å². The molecule has 0 aliphatic carbocycles. The van der Waals surface area contributed by atoms with Crippen LogP contribution in [0.25, 0.3) is 0 Å². The molecule has 2 saturated heterocycles. The van der Waals surface area contributed by atoms with E-state index in [4.69, 9.17) is 4.52 Å². The van der Waals surface area contributed by atoms with Crippen LogP contribution in [-0.4, -0.2) is 37.7 Å². The van der Waals surface area contributed by atoms with Gasteiger partial charge in [-0.25, -0.2) is 0 Å². The molecule has 2 aliphatic rings. The minimum absolute atomic E-state index is 0.426. The summed E-state index contributed by atoms with van der Waals surface area (Å²) in [6, 6.07) is 23.0. The molecule has 2 aliphatic heterocycles. The summed E-state index contributed by atoms with van der Waals surface area (Å²) in [5.74, 6) is 1.22. The van der Waals surface area contributed by atoms with Crippen molar-refractivity contribution in [2.24, 2.45) is 0 Å². The highest BCUT2D eigenvalue weighted by molar-refractivity contribution is 7.54. The predicted molar refractivity (Wildman–Crippen MR) is 101 cm³/mol. The Kier molecular flexibility index (Phi) is 4.38. The molecule has 2 atom stereocenters. The number of hydrogen-bond donors (Lipinski definition) is 0. The van der Waals surface area contributed by atoms with E-state index in [-0.39, 0.29) is 0 Å². The third-order valence-corrected chi connectivity index (χ3v) is 13.7. The zero-order chi connectivity index (χ0) is 15.7. The molecule has 0 aromatic heterocycles. The van der Waals surface area contributed by atoms with E-state index >= 15 is 0 Å². The average molecular weight is 341 g/mol. The maximum Gasteiger partial charge on any atom is 0.122 e. The van der Waals surface area contributed by atoms with Gasteiger partial charge in [0.1, 0.15) is 16.4 Å². The Labute approximate surface area is 141 Å². The maximum absolute atomic E-state index is 6.28. The molecule has 2 unspecified atom stereocenters. The largest absolute Gasteiger partial charge is 0.342 e. The van der Waals surface area contributed by atoms with Crippen LogP contribution >= 0.6 is 8.30 Å². The number of benzene rings is 2. The van der Waals surface area contributed by atoms with E-state index < -0.39 is 16.4 Å². The highest BCUT2D eigenvalue weighted by Gasteiger charge is 2.43. The third-order valence-electron chi connectivity index (χ3n) is 5.32. The van der Waals surface area contributed by atoms with Gasteiger partial charge < -0.3 is 4.52 Å². The molecule has 4 rings (SSSR count). The second-order valence-corrected chi connectivity index (χ2v) is 13.4. The summed E-state index contributed by atoms with van der Waals surface area (Å²) in [6.07, 6.45) is 2.68. The van der Waals surface area contributed by atoms with Crippen LogP contribution in [0.15, 0.2) is 60.7 Å². The first-order valence-corrected chi connectivity index (χ1v) is 12.7. The van der Waals surface area contributed by atoms with Gasteiger partial charge in [-0.1, -0.05) is 77.6 Å². The van der Waals surface area contributed by atoms with Crippen molar-refractivity contribution in [3.63, 3.8) is 0 Å². The predicted octanol–water partition coefficient (Wildman–Crippen LogP) is 3.23. The van der Waals surface area contributed by atoms with E-state index in [2.05, 4.69) is 71.9 Å². The number of nitrogens with zero attached hydrogens (tertiary/aromatic N) is 1. The molecule has 0 saturated carbocycles. The first-order valence-electron chi connectivity index (χ1n) is 8.55. The standard InChI is InChI=1S/C19H24NOPSi/c1-23(18-10-4-2-5-11-18,19-12-6-3-7-13-19)16-22-20-14-8-9-17(20)15-21-22/h2-7,10-13,17H,8-9,14-16H2,1H3. The van der Waals surface area contributed by atoms with Crippen LogP contribution in [0.5, 0.6) is 0 Å². The van der Waals surface area contributed by atoms with Crippen molar-refractivity contribution in [3.8, 4) is 0 Å². The van der Waals surface area contributed by atoms with Crippen LogP contribution in [0.4, 0.5) is 0 Å². The van der Waals surface area contributed by atoms with Crippen molar-refractivity contribution < 1.29 is 4.52 Å². The molecular weight excluding hydrogens is 317 g/mol. The van der Waals surface area contributed by atoms with Gasteiger partial charge in [-0.05, 0) is 12.8 Å². The van der Waals surface area contributed by atoms with Crippen LogP contribution in [-0.2, 0) is 4.52 Å². The van der Waals surface area contributed by atoms with Gasteiger partial charge in [0.2, 0.25) is 0 Å². The SMILES string of the molecule is C[Si](CP1OCC2CCCN21)(c1ccccc1)c1ccccc1. The molecule has 0 radical (unpaired) electrons. The van der Waals surface area contributed by atoms with Crippen molar-refractivity contribution in [2.75, 3.05) is 18.9 Å². The molecule has 23 heavy (non-hydrogen) atoms. The lowest BCUT2D eigenvalue weighted by molar-refractivity contribution is 0.341. The van der Waals surface area contributed by atoms with E-state index in [0.717, 1.165) is 6.61 Å². The minimum Gasteiger partial charge on any atom is -0.342 e. The number of fused-ring (bicyclic) bond motifs is 1. The van der Waals surface area contributed by atoms with Crippen molar-refractivity contribution in [1.82, 2.24) is 4.67 Å². The molecule has 0 N–H and O–H groups in total. The Balaban J connectivity index is 1.69. The third kappa shape index (κ3) is 2.92. The normalized spacial score (nSPS) is 24.7. The van der Waals surface area contributed by atoms with E-state index in [1.807, 2.05) is 0 Å². The molecular formula is C19H24NOPSi. The van der Waals surface area contributed by atoms with Gasteiger partial charge in [0.05, 0.1) is 6.61 Å².